The van der Waals surface area contributed by atoms with Crippen molar-refractivity contribution in [1.29, 1.82) is 0 Å². The summed E-state index contributed by atoms with van der Waals surface area (Å²) in [6.45, 7) is -0.998. The Morgan fingerprint density at radius 1 is 1.03 bits per heavy atom. The number of phosphoric acid groups is 3. The summed E-state index contributed by atoms with van der Waals surface area (Å²) < 4.78 is 51.8. The van der Waals surface area contributed by atoms with Crippen LogP contribution in [-0.4, -0.2) is 74.2 Å². The van der Waals surface area contributed by atoms with Crippen LogP contribution in [0.2, 0.25) is 0 Å². The smallest absolute Gasteiger partial charge is 0.387 e. The van der Waals surface area contributed by atoms with E-state index in [1.54, 1.807) is 0 Å². The van der Waals surface area contributed by atoms with Crippen molar-refractivity contribution in [3.05, 3.63) is 6.33 Å². The average Bonchev–Trinajstić information content (AvgIpc) is 3.08. The van der Waals surface area contributed by atoms with Gasteiger partial charge in [0.25, 0.3) is 0 Å². The fraction of sp³-hybridized carbons (Fsp3) is 0.500. The molecule has 0 aromatic carbocycles. The van der Waals surface area contributed by atoms with E-state index in [-0.39, 0.29) is 22.9 Å². The van der Waals surface area contributed by atoms with Gasteiger partial charge in [0.2, 0.25) is 5.95 Å². The molecule has 6 atom stereocenters. The Hall–Kier alpha value is -1.56. The number of nitrogens with zero attached hydrogens (tertiary/aromatic N) is 4. The molecule has 2 aromatic rings. The quantitative estimate of drug-likeness (QED) is 0.173. The van der Waals surface area contributed by atoms with E-state index in [1.807, 2.05) is 0 Å². The van der Waals surface area contributed by atoms with Gasteiger partial charge in [-0.3, -0.25) is 9.09 Å². The molecule has 0 spiro atoms. The lowest BCUT2D eigenvalue weighted by Gasteiger charge is -2.19. The van der Waals surface area contributed by atoms with Crippen LogP contribution in [-0.2, 0) is 31.6 Å². The van der Waals surface area contributed by atoms with Crippen molar-refractivity contribution in [1.82, 2.24) is 19.5 Å². The molecule has 0 radical (unpaired) electrons. The number of nitrogens with two attached hydrogens (primary N) is 2. The van der Waals surface area contributed by atoms with E-state index in [2.05, 4.69) is 28.1 Å². The van der Waals surface area contributed by atoms with E-state index in [0.717, 1.165) is 10.9 Å². The molecular weight excluding hydrogens is 505 g/mol. The number of hydrogen-bond donors (Lipinski definition) is 8. The fourth-order valence-corrected chi connectivity index (χ4v) is 5.77. The zero-order valence-electron chi connectivity index (χ0n) is 15.4. The van der Waals surface area contributed by atoms with Gasteiger partial charge in [-0.25, -0.2) is 28.6 Å². The van der Waals surface area contributed by atoms with Crippen LogP contribution in [0.3, 0.4) is 0 Å². The molecule has 10 N–H and O–H groups in total. The number of nitrogen functional groups attached to an aromatic ring is 2. The lowest BCUT2D eigenvalue weighted by atomic mass is 10.1. The summed E-state index contributed by atoms with van der Waals surface area (Å²) in [6.07, 6.45) is -5.27. The first-order valence-corrected chi connectivity index (χ1v) is 12.7. The minimum Gasteiger partial charge on any atom is -0.387 e. The Labute approximate surface area is 177 Å². The minimum atomic E-state index is -5.72. The van der Waals surface area contributed by atoms with Gasteiger partial charge in [-0.15, -0.1) is 0 Å². The van der Waals surface area contributed by atoms with Crippen LogP contribution < -0.4 is 11.5 Å². The molecule has 0 aliphatic carbocycles. The predicted molar refractivity (Wildman–Crippen MR) is 99.9 cm³/mol. The molecule has 1 aliphatic rings. The summed E-state index contributed by atoms with van der Waals surface area (Å²) in [4.78, 5) is 47.2. The number of rotatable bonds is 8. The molecule has 0 amide bonds. The van der Waals surface area contributed by atoms with Gasteiger partial charge >= 0.3 is 23.5 Å². The normalized spacial score (nSPS) is 27.9. The Kier molecular flexibility index (Phi) is 6.78. The molecule has 2 aromatic heterocycles. The summed E-state index contributed by atoms with van der Waals surface area (Å²) in [5.41, 5.74) is 11.6. The first-order valence-electron chi connectivity index (χ1n) is 8.14. The maximum absolute atomic E-state index is 11.8. The number of aliphatic hydroxyl groups excluding tert-OH is 2. The molecule has 0 saturated carbocycles. The zero-order chi connectivity index (χ0) is 24.1. The Morgan fingerprint density at radius 3 is 2.31 bits per heavy atom. The van der Waals surface area contributed by atoms with Crippen LogP contribution in [0.25, 0.3) is 11.2 Å². The largest absolute Gasteiger partial charge is 0.490 e. The van der Waals surface area contributed by atoms with Gasteiger partial charge in [0, 0.05) is 0 Å². The molecule has 19 nitrogen and oxygen atoms in total. The Balaban J connectivity index is 1.73. The number of aliphatic hydroxyl groups is 2. The molecule has 3 unspecified atom stereocenters. The van der Waals surface area contributed by atoms with Crippen LogP contribution in [0.1, 0.15) is 6.23 Å². The van der Waals surface area contributed by atoms with Crippen LogP contribution >= 0.6 is 23.5 Å². The highest BCUT2D eigenvalue weighted by Gasteiger charge is 2.47. The van der Waals surface area contributed by atoms with Crippen molar-refractivity contribution in [2.75, 3.05) is 18.1 Å². The topological polar surface area (TPSA) is 305 Å². The highest BCUT2D eigenvalue weighted by molar-refractivity contribution is 7.66. The second-order valence-corrected chi connectivity index (χ2v) is 10.6. The number of ether oxygens (including phenoxy) is 1. The van der Waals surface area contributed by atoms with Crippen molar-refractivity contribution in [3.63, 3.8) is 0 Å². The molecule has 1 aliphatic heterocycles. The molecule has 180 valence electrons. The average molecular weight is 522 g/mol. The Bertz CT molecular complexity index is 1150. The molecule has 22 heteroatoms. The van der Waals surface area contributed by atoms with Gasteiger partial charge in [-0.2, -0.15) is 8.62 Å². The molecule has 3 heterocycles. The van der Waals surface area contributed by atoms with E-state index in [1.165, 1.54) is 0 Å². The summed E-state index contributed by atoms with van der Waals surface area (Å²) >= 11 is 0. The third-order valence-corrected chi connectivity index (χ3v) is 7.74. The summed E-state index contributed by atoms with van der Waals surface area (Å²) in [5, 5.41) is 20.5. The van der Waals surface area contributed by atoms with Crippen molar-refractivity contribution in [2.24, 2.45) is 0 Å². The van der Waals surface area contributed by atoms with E-state index in [9.17, 15) is 28.8 Å². The summed E-state index contributed by atoms with van der Waals surface area (Å²) in [5.74, 6) is -0.255. The summed E-state index contributed by atoms with van der Waals surface area (Å²) in [7, 11) is -16.8. The molecule has 3 rings (SSSR count). The van der Waals surface area contributed by atoms with Gasteiger partial charge in [-0.1, -0.05) is 0 Å². The first-order chi connectivity index (χ1) is 14.6. The maximum Gasteiger partial charge on any atom is 0.490 e. The van der Waals surface area contributed by atoms with Gasteiger partial charge in [0.1, 0.15) is 24.6 Å². The van der Waals surface area contributed by atoms with E-state index < -0.39 is 54.6 Å². The second-order valence-electron chi connectivity index (χ2n) is 6.20. The van der Waals surface area contributed by atoms with Gasteiger partial charge in [-0.05, 0) is 0 Å². The maximum atomic E-state index is 11.8. The highest BCUT2D eigenvalue weighted by atomic mass is 31.3. The molecule has 1 fully saturated rings. The number of fused-ring (bicyclic) bond motifs is 1. The van der Waals surface area contributed by atoms with Crippen molar-refractivity contribution >= 4 is 46.4 Å². The van der Waals surface area contributed by atoms with Crippen LogP contribution in [0.15, 0.2) is 6.33 Å². The third kappa shape index (κ3) is 5.49. The lowest BCUT2D eigenvalue weighted by molar-refractivity contribution is -0.0493. The number of phosphoric ester groups is 1. The van der Waals surface area contributed by atoms with E-state index >= 15 is 0 Å². The number of anilines is 2. The molecule has 0 bridgehead atoms. The lowest BCUT2D eigenvalue weighted by Crippen LogP contribution is -2.33. The predicted octanol–water partition coefficient (Wildman–Crippen LogP) is -2.05. The third-order valence-electron chi connectivity index (χ3n) is 3.94. The minimum absolute atomic E-state index is 0.0299. The van der Waals surface area contributed by atoms with Crippen LogP contribution in [0.5, 0.6) is 0 Å². The number of imidazole rings is 1. The van der Waals surface area contributed by atoms with E-state index in [0.29, 0.717) is 0 Å². The van der Waals surface area contributed by atoms with Gasteiger partial charge < -0.3 is 46.0 Å². The van der Waals surface area contributed by atoms with Crippen LogP contribution in [0.4, 0.5) is 11.8 Å². The molecule has 1 saturated heterocycles. The SMILES string of the molecule is Nc1ncnc2c1nc(N)n2[C@@H]1O[C@H](COP(=O)(O)OP(=O)(O)OP(=O)(O)O)C(O)[C@@H]1O. The monoisotopic (exact) mass is 522 g/mol. The van der Waals surface area contributed by atoms with Crippen LogP contribution in [0, 0.1) is 0 Å². The van der Waals surface area contributed by atoms with Crippen molar-refractivity contribution < 1.29 is 61.4 Å². The van der Waals surface area contributed by atoms with Gasteiger partial charge in [0.05, 0.1) is 6.61 Å². The Morgan fingerprint density at radius 2 is 1.69 bits per heavy atom. The fourth-order valence-electron chi connectivity index (χ4n) is 2.75. The highest BCUT2D eigenvalue weighted by Crippen LogP contribution is 2.66. The van der Waals surface area contributed by atoms with Crippen molar-refractivity contribution in [2.45, 2.75) is 24.5 Å². The summed E-state index contributed by atoms with van der Waals surface area (Å²) in [6, 6.07) is 0. The van der Waals surface area contributed by atoms with Gasteiger partial charge in [0.15, 0.2) is 23.2 Å². The first kappa shape index (κ1) is 25.1. The number of hydrogen-bond acceptors (Lipinski definition) is 14. The number of aromatic nitrogens is 4. The van der Waals surface area contributed by atoms with E-state index in [4.69, 9.17) is 30.9 Å². The van der Waals surface area contributed by atoms with Crippen molar-refractivity contribution in [3.8, 4) is 0 Å². The second kappa shape index (κ2) is 8.66. The zero-order valence-corrected chi connectivity index (χ0v) is 18.1. The molecule has 32 heavy (non-hydrogen) atoms. The molecular formula is C10H17N6O13P3. The standard InChI is InChI=1S/C10H17N6O13P3/c11-7-4-8(14-2-13-7)16(10(12)15-4)9-6(18)5(17)3(27-9)1-26-31(22,23)29-32(24,25)28-30(19,20)21/h2-3,5-6,9,17-18H,1H2,(H2,12,15)(H,22,23)(H,24,25)(H2,11,13,14)(H2,19,20,21)/t3-,5?,6+,9-/m1/s1.